The number of amides is 2. The molecule has 2 aromatic carbocycles. The molecule has 0 atom stereocenters. The van der Waals surface area contributed by atoms with Crippen molar-refractivity contribution in [3.63, 3.8) is 0 Å². The van der Waals surface area contributed by atoms with Crippen LogP contribution in [0.4, 0.5) is 17.1 Å². The Morgan fingerprint density at radius 3 is 2.11 bits per heavy atom. The fourth-order valence-corrected chi connectivity index (χ4v) is 3.00. The predicted molar refractivity (Wildman–Crippen MR) is 113 cm³/mol. The van der Waals surface area contributed by atoms with E-state index in [0.717, 1.165) is 19.3 Å². The van der Waals surface area contributed by atoms with Gasteiger partial charge in [-0.3, -0.25) is 9.59 Å². The first kappa shape index (κ1) is 21.1. The van der Waals surface area contributed by atoms with Crippen LogP contribution in [0.15, 0.2) is 42.5 Å². The second-order valence-electron chi connectivity index (χ2n) is 6.15. The lowest BCUT2D eigenvalue weighted by Crippen LogP contribution is -2.21. The Labute approximate surface area is 169 Å². The summed E-state index contributed by atoms with van der Waals surface area (Å²) in [7, 11) is 0. The lowest BCUT2D eigenvalue weighted by atomic mass is 10.2. The van der Waals surface area contributed by atoms with E-state index < -0.39 is 0 Å². The van der Waals surface area contributed by atoms with Gasteiger partial charge in [-0.25, -0.2) is 0 Å². The van der Waals surface area contributed by atoms with E-state index in [1.54, 1.807) is 42.5 Å². The summed E-state index contributed by atoms with van der Waals surface area (Å²) in [6.45, 7) is 2.16. The van der Waals surface area contributed by atoms with E-state index in [1.165, 1.54) is 0 Å². The number of carbonyl (C=O) groups is 2. The number of unbranched alkanes of at least 4 members (excludes halogenated alkanes) is 2. The highest BCUT2D eigenvalue weighted by molar-refractivity contribution is 6.35. The molecule has 7 heteroatoms. The van der Waals surface area contributed by atoms with Gasteiger partial charge in [0.1, 0.15) is 0 Å². The van der Waals surface area contributed by atoms with Gasteiger partial charge >= 0.3 is 0 Å². The minimum atomic E-state index is -0.225. The molecule has 0 unspecified atom stereocenters. The van der Waals surface area contributed by atoms with Gasteiger partial charge in [0.2, 0.25) is 11.8 Å². The fraction of sp³-hybridized carbons (Fsp3) is 0.300. The summed E-state index contributed by atoms with van der Waals surface area (Å²) in [5.74, 6) is -0.246. The van der Waals surface area contributed by atoms with Crippen LogP contribution in [0, 0.1) is 0 Å². The first-order chi connectivity index (χ1) is 13.0. The van der Waals surface area contributed by atoms with Gasteiger partial charge in [0, 0.05) is 33.5 Å². The standard InChI is InChI=1S/C20H23Cl2N3O2/c1-2-3-4-8-19(26)24-16-6-5-7-17(12-16)25-20(27)13-23-18-10-14(21)9-15(22)11-18/h5-7,9-12,23H,2-4,8,13H2,1H3,(H,24,26)(H,25,27). The molecule has 2 aromatic rings. The molecule has 27 heavy (non-hydrogen) atoms. The number of carbonyl (C=O) groups excluding carboxylic acids is 2. The number of benzene rings is 2. The van der Waals surface area contributed by atoms with Gasteiger partial charge in [-0.1, -0.05) is 49.0 Å². The summed E-state index contributed by atoms with van der Waals surface area (Å²) in [6.07, 6.45) is 3.48. The van der Waals surface area contributed by atoms with Crippen molar-refractivity contribution in [1.82, 2.24) is 0 Å². The number of nitrogens with one attached hydrogen (secondary N) is 3. The van der Waals surface area contributed by atoms with Gasteiger partial charge < -0.3 is 16.0 Å². The monoisotopic (exact) mass is 407 g/mol. The summed E-state index contributed by atoms with van der Waals surface area (Å²) >= 11 is 11.9. The maximum atomic E-state index is 12.1. The fourth-order valence-electron chi connectivity index (χ4n) is 2.48. The lowest BCUT2D eigenvalue weighted by Gasteiger charge is -2.10. The SMILES string of the molecule is CCCCCC(=O)Nc1cccc(NC(=O)CNc2cc(Cl)cc(Cl)c2)c1. The molecule has 0 saturated heterocycles. The summed E-state index contributed by atoms with van der Waals surface area (Å²) < 4.78 is 0. The number of hydrogen-bond donors (Lipinski definition) is 3. The molecule has 3 N–H and O–H groups in total. The van der Waals surface area contributed by atoms with Crippen LogP contribution in [0.25, 0.3) is 0 Å². The second-order valence-corrected chi connectivity index (χ2v) is 7.02. The van der Waals surface area contributed by atoms with Crippen molar-refractivity contribution < 1.29 is 9.59 Å². The molecule has 0 heterocycles. The smallest absolute Gasteiger partial charge is 0.243 e. The Morgan fingerprint density at radius 1 is 0.852 bits per heavy atom. The van der Waals surface area contributed by atoms with Gasteiger partial charge in [0.25, 0.3) is 0 Å². The largest absolute Gasteiger partial charge is 0.376 e. The third kappa shape index (κ3) is 7.89. The Balaban J connectivity index is 1.85. The molecule has 5 nitrogen and oxygen atoms in total. The third-order valence-electron chi connectivity index (χ3n) is 3.75. The average molecular weight is 408 g/mol. The molecule has 0 spiro atoms. The summed E-state index contributed by atoms with van der Waals surface area (Å²) in [4.78, 5) is 24.0. The van der Waals surface area contributed by atoms with Gasteiger partial charge in [0.15, 0.2) is 0 Å². The Hall–Kier alpha value is -2.24. The molecular formula is C20H23Cl2N3O2. The van der Waals surface area contributed by atoms with Gasteiger partial charge in [-0.15, -0.1) is 0 Å². The number of rotatable bonds is 9. The molecular weight excluding hydrogens is 385 g/mol. The van der Waals surface area contributed by atoms with Crippen molar-refractivity contribution in [3.05, 3.63) is 52.5 Å². The molecule has 0 saturated carbocycles. The molecule has 144 valence electrons. The highest BCUT2D eigenvalue weighted by Gasteiger charge is 2.06. The quantitative estimate of drug-likeness (QED) is 0.476. The zero-order valence-corrected chi connectivity index (χ0v) is 16.7. The summed E-state index contributed by atoms with van der Waals surface area (Å²) in [5.41, 5.74) is 1.93. The maximum Gasteiger partial charge on any atom is 0.243 e. The van der Waals surface area contributed by atoms with Gasteiger partial charge in [-0.05, 0) is 42.8 Å². The molecule has 0 aliphatic heterocycles. The van der Waals surface area contributed by atoms with Crippen molar-refractivity contribution in [2.24, 2.45) is 0 Å². The second kappa shape index (κ2) is 10.8. The van der Waals surface area contributed by atoms with Crippen molar-refractivity contribution in [3.8, 4) is 0 Å². The summed E-state index contributed by atoms with van der Waals surface area (Å²) in [5, 5.41) is 9.60. The van der Waals surface area contributed by atoms with Crippen LogP contribution in [0.5, 0.6) is 0 Å². The molecule has 0 bridgehead atoms. The molecule has 0 radical (unpaired) electrons. The van der Waals surface area contributed by atoms with Crippen LogP contribution in [-0.4, -0.2) is 18.4 Å². The van der Waals surface area contributed by atoms with Crippen LogP contribution in [0.2, 0.25) is 10.0 Å². The van der Waals surface area contributed by atoms with Crippen molar-refractivity contribution in [2.75, 3.05) is 22.5 Å². The Bertz CT molecular complexity index is 776. The maximum absolute atomic E-state index is 12.1. The van der Waals surface area contributed by atoms with E-state index in [9.17, 15) is 9.59 Å². The van der Waals surface area contributed by atoms with E-state index in [1.807, 2.05) is 0 Å². The van der Waals surface area contributed by atoms with E-state index in [2.05, 4.69) is 22.9 Å². The topological polar surface area (TPSA) is 70.2 Å². The molecule has 2 rings (SSSR count). The summed E-state index contributed by atoms with van der Waals surface area (Å²) in [6, 6.07) is 12.1. The van der Waals surface area contributed by atoms with Crippen LogP contribution in [0.3, 0.4) is 0 Å². The Morgan fingerprint density at radius 2 is 1.48 bits per heavy atom. The van der Waals surface area contributed by atoms with Crippen LogP contribution >= 0.6 is 23.2 Å². The predicted octanol–water partition coefficient (Wildman–Crippen LogP) is 5.56. The first-order valence-corrected chi connectivity index (χ1v) is 9.61. The minimum Gasteiger partial charge on any atom is -0.376 e. The van der Waals surface area contributed by atoms with E-state index in [0.29, 0.717) is 33.5 Å². The molecule has 0 fully saturated rings. The van der Waals surface area contributed by atoms with Gasteiger partial charge in [-0.2, -0.15) is 0 Å². The highest BCUT2D eigenvalue weighted by atomic mass is 35.5. The minimum absolute atomic E-state index is 0.0218. The normalized spacial score (nSPS) is 10.3. The average Bonchev–Trinajstić information content (AvgIpc) is 2.60. The van der Waals surface area contributed by atoms with Crippen LogP contribution < -0.4 is 16.0 Å². The molecule has 0 aromatic heterocycles. The molecule has 0 aliphatic rings. The number of halogens is 2. The first-order valence-electron chi connectivity index (χ1n) is 8.86. The van der Waals surface area contributed by atoms with E-state index >= 15 is 0 Å². The zero-order chi connectivity index (χ0) is 19.6. The van der Waals surface area contributed by atoms with Crippen LogP contribution in [-0.2, 0) is 9.59 Å². The lowest BCUT2D eigenvalue weighted by molar-refractivity contribution is -0.116. The van der Waals surface area contributed by atoms with Crippen molar-refractivity contribution in [1.29, 1.82) is 0 Å². The van der Waals surface area contributed by atoms with Gasteiger partial charge in [0.05, 0.1) is 6.54 Å². The number of anilines is 3. The zero-order valence-electron chi connectivity index (χ0n) is 15.1. The van der Waals surface area contributed by atoms with E-state index in [4.69, 9.17) is 23.2 Å². The molecule has 0 aliphatic carbocycles. The van der Waals surface area contributed by atoms with Crippen molar-refractivity contribution >= 4 is 52.1 Å². The van der Waals surface area contributed by atoms with Crippen LogP contribution in [0.1, 0.15) is 32.6 Å². The number of hydrogen-bond acceptors (Lipinski definition) is 3. The third-order valence-corrected chi connectivity index (χ3v) is 4.19. The van der Waals surface area contributed by atoms with E-state index in [-0.39, 0.29) is 18.4 Å². The van der Waals surface area contributed by atoms with Crippen molar-refractivity contribution in [2.45, 2.75) is 32.6 Å². The highest BCUT2D eigenvalue weighted by Crippen LogP contribution is 2.22. The Kier molecular flexibility index (Phi) is 8.43. The molecule has 2 amide bonds.